The molecule has 1 aliphatic rings. The van der Waals surface area contributed by atoms with Crippen molar-refractivity contribution >= 4 is 11.9 Å². The normalized spacial score (nSPS) is 15.1. The first-order valence-electron chi connectivity index (χ1n) is 8.30. The van der Waals surface area contributed by atoms with Crippen LogP contribution in [0.2, 0.25) is 0 Å². The minimum absolute atomic E-state index is 0.0281. The predicted molar refractivity (Wildman–Crippen MR) is 95.5 cm³/mol. The van der Waals surface area contributed by atoms with Crippen LogP contribution in [0.4, 0.5) is 5.95 Å². The summed E-state index contributed by atoms with van der Waals surface area (Å²) in [6.45, 7) is 5.96. The predicted octanol–water partition coefficient (Wildman–Crippen LogP) is 2.98. The first kappa shape index (κ1) is 16.2. The first-order valence-corrected chi connectivity index (χ1v) is 8.30. The van der Waals surface area contributed by atoms with E-state index in [4.69, 9.17) is 0 Å². The van der Waals surface area contributed by atoms with Crippen LogP contribution in [0.1, 0.15) is 12.8 Å². The Morgan fingerprint density at radius 2 is 2.00 bits per heavy atom. The summed E-state index contributed by atoms with van der Waals surface area (Å²) < 4.78 is 0. The van der Waals surface area contributed by atoms with Gasteiger partial charge >= 0.3 is 0 Å². The van der Waals surface area contributed by atoms with Gasteiger partial charge in [0.15, 0.2) is 0 Å². The maximum atomic E-state index is 11.6. The van der Waals surface area contributed by atoms with Gasteiger partial charge in [0.1, 0.15) is 0 Å². The van der Waals surface area contributed by atoms with Gasteiger partial charge in [-0.3, -0.25) is 4.79 Å². The second kappa shape index (κ2) is 7.73. The molecule has 1 aromatic carbocycles. The minimum atomic E-state index is 0.0281. The number of amides is 1. The summed E-state index contributed by atoms with van der Waals surface area (Å²) in [5.41, 5.74) is 2.00. The zero-order valence-electron chi connectivity index (χ0n) is 13.7. The molecule has 3 rings (SSSR count). The molecular weight excluding hydrogens is 300 g/mol. The molecule has 5 nitrogen and oxygen atoms in total. The highest BCUT2D eigenvalue weighted by Crippen LogP contribution is 2.19. The number of rotatable bonds is 5. The van der Waals surface area contributed by atoms with Gasteiger partial charge in [0.05, 0.1) is 5.69 Å². The second-order valence-corrected chi connectivity index (χ2v) is 5.99. The van der Waals surface area contributed by atoms with Crippen molar-refractivity contribution in [2.75, 3.05) is 25.0 Å². The van der Waals surface area contributed by atoms with Gasteiger partial charge in [0.2, 0.25) is 11.9 Å². The van der Waals surface area contributed by atoms with E-state index in [9.17, 15) is 4.79 Å². The Morgan fingerprint density at radius 1 is 1.25 bits per heavy atom. The van der Waals surface area contributed by atoms with E-state index in [0.29, 0.717) is 11.9 Å². The van der Waals surface area contributed by atoms with Gasteiger partial charge in [-0.2, -0.15) is 0 Å². The number of piperidine rings is 1. The summed E-state index contributed by atoms with van der Waals surface area (Å²) in [5, 5.41) is 3.34. The summed E-state index contributed by atoms with van der Waals surface area (Å²) in [5.74, 6) is 1.21. The van der Waals surface area contributed by atoms with Gasteiger partial charge < -0.3 is 10.2 Å². The molecule has 1 amide bonds. The van der Waals surface area contributed by atoms with E-state index in [1.807, 2.05) is 41.3 Å². The lowest BCUT2D eigenvalue weighted by atomic mass is 9.97. The molecule has 1 N–H and O–H groups in total. The lowest BCUT2D eigenvalue weighted by molar-refractivity contribution is -0.127. The van der Waals surface area contributed by atoms with Gasteiger partial charge in [0.25, 0.3) is 0 Å². The number of hydrogen-bond acceptors (Lipinski definition) is 4. The van der Waals surface area contributed by atoms with Gasteiger partial charge in [-0.05, 0) is 30.9 Å². The molecule has 0 saturated carbocycles. The van der Waals surface area contributed by atoms with Crippen molar-refractivity contribution < 1.29 is 4.79 Å². The number of nitrogens with one attached hydrogen (secondary N) is 1. The second-order valence-electron chi connectivity index (χ2n) is 5.99. The number of likely N-dealkylation sites (tertiary alicyclic amines) is 1. The SMILES string of the molecule is C=CC(=O)N1CCC(CNc2nccc(-c3ccccc3)n2)CC1. The van der Waals surface area contributed by atoms with E-state index in [0.717, 1.165) is 43.7 Å². The van der Waals surface area contributed by atoms with Crippen LogP contribution < -0.4 is 5.32 Å². The molecule has 0 radical (unpaired) electrons. The molecule has 124 valence electrons. The molecule has 1 fully saturated rings. The maximum Gasteiger partial charge on any atom is 0.245 e. The van der Waals surface area contributed by atoms with E-state index in [-0.39, 0.29) is 5.91 Å². The quantitative estimate of drug-likeness (QED) is 0.860. The van der Waals surface area contributed by atoms with Crippen molar-refractivity contribution in [3.05, 3.63) is 55.3 Å². The Hall–Kier alpha value is -2.69. The fourth-order valence-corrected chi connectivity index (χ4v) is 2.94. The highest BCUT2D eigenvalue weighted by molar-refractivity contribution is 5.87. The van der Waals surface area contributed by atoms with Crippen LogP contribution in [0.25, 0.3) is 11.3 Å². The molecule has 24 heavy (non-hydrogen) atoms. The van der Waals surface area contributed by atoms with Crippen LogP contribution in [0, 0.1) is 5.92 Å². The molecule has 1 saturated heterocycles. The number of benzene rings is 1. The summed E-state index contributed by atoms with van der Waals surface area (Å²) in [7, 11) is 0. The van der Waals surface area contributed by atoms with Crippen LogP contribution >= 0.6 is 0 Å². The highest BCUT2D eigenvalue weighted by Gasteiger charge is 2.21. The molecule has 0 bridgehead atoms. The topological polar surface area (TPSA) is 58.1 Å². The van der Waals surface area contributed by atoms with Crippen LogP contribution in [0.3, 0.4) is 0 Å². The van der Waals surface area contributed by atoms with E-state index >= 15 is 0 Å². The number of nitrogens with zero attached hydrogens (tertiary/aromatic N) is 3. The molecule has 2 aromatic rings. The molecular formula is C19H22N4O. The van der Waals surface area contributed by atoms with Crippen LogP contribution in [-0.4, -0.2) is 40.4 Å². The Kier molecular flexibility index (Phi) is 5.21. The van der Waals surface area contributed by atoms with Crippen molar-refractivity contribution in [2.45, 2.75) is 12.8 Å². The zero-order valence-corrected chi connectivity index (χ0v) is 13.7. The molecule has 1 aromatic heterocycles. The highest BCUT2D eigenvalue weighted by atomic mass is 16.2. The lowest BCUT2D eigenvalue weighted by Crippen LogP contribution is -2.39. The largest absolute Gasteiger partial charge is 0.354 e. The third-order valence-corrected chi connectivity index (χ3v) is 4.37. The average molecular weight is 322 g/mol. The Morgan fingerprint density at radius 3 is 2.71 bits per heavy atom. The molecule has 2 heterocycles. The number of hydrogen-bond donors (Lipinski definition) is 1. The minimum Gasteiger partial charge on any atom is -0.354 e. The van der Waals surface area contributed by atoms with Crippen molar-refractivity contribution in [2.24, 2.45) is 5.92 Å². The Bertz CT molecular complexity index is 694. The van der Waals surface area contributed by atoms with Gasteiger partial charge in [-0.15, -0.1) is 0 Å². The van der Waals surface area contributed by atoms with Crippen LogP contribution in [0.15, 0.2) is 55.3 Å². The smallest absolute Gasteiger partial charge is 0.245 e. The maximum absolute atomic E-state index is 11.6. The molecule has 1 aliphatic heterocycles. The summed E-state index contributed by atoms with van der Waals surface area (Å²) in [6, 6.07) is 12.0. The number of anilines is 1. The van der Waals surface area contributed by atoms with Crippen molar-refractivity contribution in [1.29, 1.82) is 0 Å². The molecule has 5 heteroatoms. The van der Waals surface area contributed by atoms with Crippen LogP contribution in [0.5, 0.6) is 0 Å². The lowest BCUT2D eigenvalue weighted by Gasteiger charge is -2.31. The van der Waals surface area contributed by atoms with E-state index < -0.39 is 0 Å². The fourth-order valence-electron chi connectivity index (χ4n) is 2.94. The van der Waals surface area contributed by atoms with Gasteiger partial charge in [-0.25, -0.2) is 9.97 Å². The number of carbonyl (C=O) groups is 1. The van der Waals surface area contributed by atoms with Crippen molar-refractivity contribution in [3.63, 3.8) is 0 Å². The van der Waals surface area contributed by atoms with Gasteiger partial charge in [-0.1, -0.05) is 36.9 Å². The Labute approximate surface area is 142 Å². The Balaban J connectivity index is 1.54. The zero-order chi connectivity index (χ0) is 16.8. The molecule has 0 unspecified atom stereocenters. The third kappa shape index (κ3) is 3.98. The molecule has 0 spiro atoms. The first-order chi connectivity index (χ1) is 11.8. The summed E-state index contributed by atoms with van der Waals surface area (Å²) in [6.07, 6.45) is 5.15. The monoisotopic (exact) mass is 322 g/mol. The summed E-state index contributed by atoms with van der Waals surface area (Å²) >= 11 is 0. The fraction of sp³-hybridized carbons (Fsp3) is 0.316. The van der Waals surface area contributed by atoms with E-state index in [1.54, 1.807) is 6.20 Å². The van der Waals surface area contributed by atoms with Crippen molar-refractivity contribution in [3.8, 4) is 11.3 Å². The van der Waals surface area contributed by atoms with Gasteiger partial charge in [0, 0.05) is 31.4 Å². The van der Waals surface area contributed by atoms with E-state index in [2.05, 4.69) is 21.9 Å². The van der Waals surface area contributed by atoms with Crippen LogP contribution in [-0.2, 0) is 4.79 Å². The molecule has 0 atom stereocenters. The third-order valence-electron chi connectivity index (χ3n) is 4.37. The number of carbonyl (C=O) groups excluding carboxylic acids is 1. The number of aromatic nitrogens is 2. The standard InChI is InChI=1S/C19H22N4O/c1-2-18(24)23-12-9-15(10-13-23)14-21-19-20-11-8-17(22-19)16-6-4-3-5-7-16/h2-8,11,15H,1,9-10,12-14H2,(H,20,21,22). The molecule has 0 aliphatic carbocycles. The summed E-state index contributed by atoms with van der Waals surface area (Å²) in [4.78, 5) is 22.3. The van der Waals surface area contributed by atoms with Crippen molar-refractivity contribution in [1.82, 2.24) is 14.9 Å². The average Bonchev–Trinajstić information content (AvgIpc) is 2.67. The van der Waals surface area contributed by atoms with E-state index in [1.165, 1.54) is 6.08 Å².